The molecule has 3 heteroatoms. The highest BCUT2D eigenvalue weighted by Gasteiger charge is 2.49. The number of methoxy groups -OCH3 is 1. The predicted octanol–water partition coefficient (Wildman–Crippen LogP) is 6.06. The van der Waals surface area contributed by atoms with Crippen molar-refractivity contribution in [2.24, 2.45) is 5.92 Å². The molecule has 1 aliphatic rings. The first-order chi connectivity index (χ1) is 14.5. The van der Waals surface area contributed by atoms with Gasteiger partial charge in [-0.15, -0.1) is 0 Å². The molecule has 0 aliphatic heterocycles. The van der Waals surface area contributed by atoms with Crippen LogP contribution in [0.15, 0.2) is 72.5 Å². The van der Waals surface area contributed by atoms with Crippen molar-refractivity contribution in [3.8, 4) is 0 Å². The molecule has 0 amide bonds. The predicted molar refractivity (Wildman–Crippen MR) is 130 cm³/mol. The van der Waals surface area contributed by atoms with Crippen LogP contribution in [0.4, 0.5) is 0 Å². The molecule has 0 radical (unpaired) electrons. The van der Waals surface area contributed by atoms with Crippen molar-refractivity contribution in [3.63, 3.8) is 0 Å². The zero-order valence-electron chi connectivity index (χ0n) is 19.2. The third-order valence-electron chi connectivity index (χ3n) is 6.49. The summed E-state index contributed by atoms with van der Waals surface area (Å²) in [7, 11) is -0.639. The van der Waals surface area contributed by atoms with Crippen LogP contribution >= 0.6 is 0 Å². The van der Waals surface area contributed by atoms with Crippen molar-refractivity contribution >= 4 is 18.7 Å². The van der Waals surface area contributed by atoms with Gasteiger partial charge in [0.2, 0.25) is 0 Å². The summed E-state index contributed by atoms with van der Waals surface area (Å²) in [6.45, 7) is 7.85. The smallest absolute Gasteiger partial charge is 0.261 e. The second-order valence-corrected chi connectivity index (χ2v) is 13.8. The molecule has 1 atom stereocenters. The lowest BCUT2D eigenvalue weighted by molar-refractivity contribution is 0.269. The second-order valence-electron chi connectivity index (χ2n) is 9.53. The van der Waals surface area contributed by atoms with Crippen molar-refractivity contribution in [2.75, 3.05) is 13.7 Å². The molecule has 1 aliphatic carbocycles. The van der Waals surface area contributed by atoms with Gasteiger partial charge >= 0.3 is 0 Å². The summed E-state index contributed by atoms with van der Waals surface area (Å²) in [6.07, 6.45) is 9.38. The van der Waals surface area contributed by atoms with E-state index in [1.807, 2.05) is 6.26 Å². The SMILES string of the molecule is CO/C=C1\CCCCC1CCCO[Si](c1ccccc1)(c1ccccc1)C(C)(C)C. The van der Waals surface area contributed by atoms with Crippen LogP contribution in [-0.4, -0.2) is 22.0 Å². The van der Waals surface area contributed by atoms with Gasteiger partial charge in [0.05, 0.1) is 13.4 Å². The summed E-state index contributed by atoms with van der Waals surface area (Å²) in [5.74, 6) is 0.654. The Hall–Kier alpha value is -1.84. The highest BCUT2D eigenvalue weighted by molar-refractivity contribution is 6.99. The number of ether oxygens (including phenoxy) is 1. The Morgan fingerprint density at radius 1 is 0.933 bits per heavy atom. The van der Waals surface area contributed by atoms with E-state index in [0.717, 1.165) is 13.0 Å². The molecule has 0 heterocycles. The summed E-state index contributed by atoms with van der Waals surface area (Å²) < 4.78 is 12.4. The monoisotopic (exact) mass is 422 g/mol. The maximum Gasteiger partial charge on any atom is 0.261 e. The number of hydrogen-bond donors (Lipinski definition) is 0. The molecule has 2 aromatic rings. The minimum absolute atomic E-state index is 0.0433. The lowest BCUT2D eigenvalue weighted by Gasteiger charge is -2.43. The Morgan fingerprint density at radius 2 is 1.53 bits per heavy atom. The van der Waals surface area contributed by atoms with Gasteiger partial charge < -0.3 is 9.16 Å². The van der Waals surface area contributed by atoms with E-state index in [9.17, 15) is 0 Å². The minimum Gasteiger partial charge on any atom is -0.504 e. The molecule has 0 N–H and O–H groups in total. The van der Waals surface area contributed by atoms with E-state index < -0.39 is 8.32 Å². The molecule has 0 bridgehead atoms. The fourth-order valence-electron chi connectivity index (χ4n) is 5.06. The van der Waals surface area contributed by atoms with E-state index in [1.54, 1.807) is 7.11 Å². The van der Waals surface area contributed by atoms with Crippen molar-refractivity contribution in [3.05, 3.63) is 72.5 Å². The lowest BCUT2D eigenvalue weighted by atomic mass is 9.82. The first kappa shape index (κ1) is 22.8. The van der Waals surface area contributed by atoms with Crippen LogP contribution in [0.3, 0.4) is 0 Å². The van der Waals surface area contributed by atoms with Crippen LogP contribution in [-0.2, 0) is 9.16 Å². The molecule has 1 unspecified atom stereocenters. The number of allylic oxidation sites excluding steroid dienone is 1. The number of rotatable bonds is 8. The standard InChI is InChI=1S/C27H38O2Si/c1-27(2,3)30(25-17-7-5-8-18-25,26-19-9-6-10-20-26)29-21-13-16-23-14-11-12-15-24(23)22-28-4/h5-10,17-20,22-23H,11-16,21H2,1-4H3/b24-22+. The quantitative estimate of drug-likeness (QED) is 0.292. The maximum absolute atomic E-state index is 7.04. The van der Waals surface area contributed by atoms with Gasteiger partial charge in [-0.2, -0.15) is 0 Å². The third-order valence-corrected chi connectivity index (χ3v) is 11.5. The fraction of sp³-hybridized carbons (Fsp3) is 0.481. The normalized spacial score (nSPS) is 19.1. The maximum atomic E-state index is 7.04. The lowest BCUT2D eigenvalue weighted by Crippen LogP contribution is -2.66. The molecule has 2 nitrogen and oxygen atoms in total. The van der Waals surface area contributed by atoms with Gasteiger partial charge in [0.1, 0.15) is 0 Å². The molecule has 1 saturated carbocycles. The molecule has 1 fully saturated rings. The number of benzene rings is 2. The average Bonchev–Trinajstić information content (AvgIpc) is 2.75. The zero-order valence-corrected chi connectivity index (χ0v) is 20.2. The van der Waals surface area contributed by atoms with Crippen LogP contribution in [0.5, 0.6) is 0 Å². The van der Waals surface area contributed by atoms with Crippen molar-refractivity contribution < 1.29 is 9.16 Å². The number of hydrogen-bond acceptors (Lipinski definition) is 2. The summed E-state index contributed by atoms with van der Waals surface area (Å²) in [6, 6.07) is 21.9. The van der Waals surface area contributed by atoms with Crippen LogP contribution in [0.2, 0.25) is 5.04 Å². The Morgan fingerprint density at radius 3 is 2.07 bits per heavy atom. The molecule has 0 saturated heterocycles. The zero-order chi connectivity index (χ0) is 21.5. The van der Waals surface area contributed by atoms with E-state index in [1.165, 1.54) is 48.1 Å². The summed E-state index contributed by atoms with van der Waals surface area (Å²) in [4.78, 5) is 0. The molecular weight excluding hydrogens is 384 g/mol. The van der Waals surface area contributed by atoms with Crippen LogP contribution in [0.1, 0.15) is 59.3 Å². The largest absolute Gasteiger partial charge is 0.504 e. The minimum atomic E-state index is -2.41. The molecule has 162 valence electrons. The summed E-state index contributed by atoms with van der Waals surface area (Å²) in [5, 5.41) is 2.77. The topological polar surface area (TPSA) is 18.5 Å². The van der Waals surface area contributed by atoms with Crippen molar-refractivity contribution in [1.82, 2.24) is 0 Å². The first-order valence-electron chi connectivity index (χ1n) is 11.5. The third kappa shape index (κ3) is 5.07. The van der Waals surface area contributed by atoms with Gasteiger partial charge in [-0.25, -0.2) is 0 Å². The van der Waals surface area contributed by atoms with E-state index in [2.05, 4.69) is 81.4 Å². The van der Waals surface area contributed by atoms with E-state index >= 15 is 0 Å². The first-order valence-corrected chi connectivity index (χ1v) is 13.4. The van der Waals surface area contributed by atoms with E-state index in [0.29, 0.717) is 5.92 Å². The Labute approximate surface area is 184 Å². The van der Waals surface area contributed by atoms with Gasteiger partial charge in [0.15, 0.2) is 0 Å². The molecule has 0 spiro atoms. The van der Waals surface area contributed by atoms with Crippen LogP contribution in [0.25, 0.3) is 0 Å². The van der Waals surface area contributed by atoms with Gasteiger partial charge in [0, 0.05) is 6.61 Å². The highest BCUT2D eigenvalue weighted by atomic mass is 28.4. The molecule has 3 rings (SSSR count). The van der Waals surface area contributed by atoms with Crippen molar-refractivity contribution in [2.45, 2.75) is 64.3 Å². The second kappa shape index (κ2) is 10.5. The Balaban J connectivity index is 1.81. The Bertz CT molecular complexity index is 753. The Kier molecular flexibility index (Phi) is 7.96. The van der Waals surface area contributed by atoms with Gasteiger partial charge in [-0.05, 0) is 59.0 Å². The molecule has 2 aromatic carbocycles. The van der Waals surface area contributed by atoms with Crippen LogP contribution in [0, 0.1) is 5.92 Å². The van der Waals surface area contributed by atoms with E-state index in [4.69, 9.17) is 9.16 Å². The average molecular weight is 423 g/mol. The van der Waals surface area contributed by atoms with Gasteiger partial charge in [-0.1, -0.05) is 87.9 Å². The molecular formula is C27H38O2Si. The van der Waals surface area contributed by atoms with Crippen molar-refractivity contribution in [1.29, 1.82) is 0 Å². The van der Waals surface area contributed by atoms with Crippen LogP contribution < -0.4 is 10.4 Å². The summed E-state index contributed by atoms with van der Waals surface area (Å²) in [5.41, 5.74) is 1.49. The fourth-order valence-corrected chi connectivity index (χ4v) is 9.67. The molecule has 30 heavy (non-hydrogen) atoms. The van der Waals surface area contributed by atoms with Gasteiger partial charge in [0.25, 0.3) is 8.32 Å². The highest BCUT2D eigenvalue weighted by Crippen LogP contribution is 2.37. The van der Waals surface area contributed by atoms with E-state index in [-0.39, 0.29) is 5.04 Å². The van der Waals surface area contributed by atoms with Gasteiger partial charge in [-0.3, -0.25) is 0 Å². The molecule has 0 aromatic heterocycles. The summed E-state index contributed by atoms with van der Waals surface area (Å²) >= 11 is 0.